The molecule has 3 aromatic heterocycles. The van der Waals surface area contributed by atoms with Gasteiger partial charge in [-0.1, -0.05) is 162 Å². The second kappa shape index (κ2) is 17.7. The molecule has 0 aliphatic carbocycles. The average molecular weight is 1030 g/mol. The predicted octanol–water partition coefficient (Wildman–Crippen LogP) is 13.9. The molecule has 6 aromatic carbocycles. The summed E-state index contributed by atoms with van der Waals surface area (Å²) in [6, 6.07) is 55.3. The Kier molecular flexibility index (Phi) is 11.8. The number of aromatic nitrogens is 5. The van der Waals surface area contributed by atoms with E-state index in [4.69, 9.17) is 19.9 Å². The molecule has 10 rings (SSSR count). The Bertz CT molecular complexity index is 3100. The van der Waals surface area contributed by atoms with E-state index in [1.165, 1.54) is 22.4 Å². The average Bonchev–Trinajstić information content (AvgIpc) is 4.06. The molecule has 9 heteroatoms. The van der Waals surface area contributed by atoms with Crippen LogP contribution >= 0.6 is 0 Å². The fourth-order valence-corrected chi connectivity index (χ4v) is 8.65. The van der Waals surface area contributed by atoms with Gasteiger partial charge in [0.1, 0.15) is 5.82 Å². The molecule has 0 saturated carbocycles. The summed E-state index contributed by atoms with van der Waals surface area (Å²) in [5.74, 6) is 3.99. The van der Waals surface area contributed by atoms with Crippen molar-refractivity contribution in [1.82, 2.24) is 24.3 Å². The number of nitrogens with zero attached hydrogens (tertiary/aromatic N) is 7. The molecule has 0 fully saturated rings. The molecule has 9 aromatic rings. The number of hydrogen-bond acceptors (Lipinski definition) is 6. The van der Waals surface area contributed by atoms with Gasteiger partial charge in [0.15, 0.2) is 11.6 Å². The molecule has 0 saturated heterocycles. The molecule has 0 N–H and O–H groups in total. The van der Waals surface area contributed by atoms with Crippen LogP contribution in [0.3, 0.4) is 0 Å². The smallest absolute Gasteiger partial charge is 0.166 e. The predicted molar refractivity (Wildman–Crippen MR) is 260 cm³/mol. The fourth-order valence-electron chi connectivity index (χ4n) is 8.65. The molecule has 1 aliphatic heterocycles. The molecular formula is C56H50N7OPt-3. The Hall–Kier alpha value is -6.76. The Labute approximate surface area is 396 Å². The van der Waals surface area contributed by atoms with Crippen LogP contribution in [-0.2, 0) is 26.5 Å². The van der Waals surface area contributed by atoms with Crippen LogP contribution in [0.15, 0.2) is 158 Å². The summed E-state index contributed by atoms with van der Waals surface area (Å²) < 4.78 is 11.2. The minimum Gasteiger partial charge on any atom is -0.509 e. The first-order chi connectivity index (χ1) is 31.0. The largest absolute Gasteiger partial charge is 0.509 e. The van der Waals surface area contributed by atoms with Crippen molar-refractivity contribution in [3.05, 3.63) is 194 Å². The summed E-state index contributed by atoms with van der Waals surface area (Å²) in [6.45, 7) is 17.8. The number of anilines is 2. The monoisotopic (exact) mass is 1030 g/mol. The van der Waals surface area contributed by atoms with E-state index in [-0.39, 0.29) is 26.5 Å². The van der Waals surface area contributed by atoms with Crippen molar-refractivity contribution in [2.24, 2.45) is 0 Å². The van der Waals surface area contributed by atoms with Crippen LogP contribution in [0.2, 0.25) is 0 Å². The standard InChI is InChI=1S/C56H50N7O.Pt/c1-37(2)46-22-16-23-47(38(3)4)53(46)61-30-29-60(36-61)42-32-43(62-54(39-17-10-8-11-18-39)58-59-55(62)40-19-12-9-13-20-40)34-45(33-42)64-44-25-26-49-48-21-14-15-24-50(48)63(51(49)35-44)52-31-41(27-28-57-52)56(5,6)7;/h8-32,34,36-38H,1-7H3;/q-3;. The van der Waals surface area contributed by atoms with Gasteiger partial charge in [-0.05, 0) is 69.9 Å². The van der Waals surface area contributed by atoms with Gasteiger partial charge in [-0.2, -0.15) is 6.07 Å². The zero-order valence-electron chi connectivity index (χ0n) is 37.6. The van der Waals surface area contributed by atoms with Crippen molar-refractivity contribution in [2.75, 3.05) is 9.80 Å². The van der Waals surface area contributed by atoms with Crippen LogP contribution in [0.4, 0.5) is 11.4 Å². The van der Waals surface area contributed by atoms with E-state index in [9.17, 15) is 0 Å². The quantitative estimate of drug-likeness (QED) is 0.127. The zero-order valence-corrected chi connectivity index (χ0v) is 39.9. The number of hydrogen-bond donors (Lipinski definition) is 0. The van der Waals surface area contributed by atoms with Crippen LogP contribution in [0, 0.1) is 18.8 Å². The molecule has 0 atom stereocenters. The third kappa shape index (κ3) is 8.28. The molecule has 0 amide bonds. The fraction of sp³-hybridized carbons (Fsp3) is 0.179. The molecule has 0 radical (unpaired) electrons. The Morgan fingerprint density at radius 1 is 0.600 bits per heavy atom. The van der Waals surface area contributed by atoms with E-state index in [0.717, 1.165) is 50.1 Å². The number of para-hydroxylation sites is 2. The molecule has 8 nitrogen and oxygen atoms in total. The molecule has 0 spiro atoms. The molecular weight excluding hydrogens is 982 g/mol. The van der Waals surface area contributed by atoms with Crippen LogP contribution in [0.25, 0.3) is 56.1 Å². The first-order valence-electron chi connectivity index (χ1n) is 22.0. The van der Waals surface area contributed by atoms with Crippen LogP contribution in [-0.4, -0.2) is 24.3 Å². The summed E-state index contributed by atoms with van der Waals surface area (Å²) in [5.41, 5.74) is 10.4. The molecule has 328 valence electrons. The maximum Gasteiger partial charge on any atom is 0.166 e. The van der Waals surface area contributed by atoms with Crippen molar-refractivity contribution in [3.8, 4) is 45.8 Å². The molecule has 1 aliphatic rings. The third-order valence-corrected chi connectivity index (χ3v) is 11.9. The maximum absolute atomic E-state index is 6.92. The first kappa shape index (κ1) is 43.5. The van der Waals surface area contributed by atoms with Crippen LogP contribution in [0.5, 0.6) is 11.5 Å². The summed E-state index contributed by atoms with van der Waals surface area (Å²) in [7, 11) is 0. The maximum atomic E-state index is 6.92. The van der Waals surface area contributed by atoms with E-state index < -0.39 is 0 Å². The van der Waals surface area contributed by atoms with Gasteiger partial charge in [-0.15, -0.1) is 52.6 Å². The molecule has 4 heterocycles. The van der Waals surface area contributed by atoms with Gasteiger partial charge < -0.3 is 19.1 Å². The normalized spacial score (nSPS) is 12.8. The van der Waals surface area contributed by atoms with Crippen molar-refractivity contribution >= 4 is 33.2 Å². The van der Waals surface area contributed by atoms with Crippen molar-refractivity contribution < 1.29 is 25.8 Å². The van der Waals surface area contributed by atoms with Gasteiger partial charge in [0.05, 0.1) is 0 Å². The molecule has 0 unspecified atom stereocenters. The summed E-state index contributed by atoms with van der Waals surface area (Å²) in [5, 5.41) is 11.8. The van der Waals surface area contributed by atoms with Gasteiger partial charge in [0.25, 0.3) is 0 Å². The summed E-state index contributed by atoms with van der Waals surface area (Å²) in [4.78, 5) is 9.23. The van der Waals surface area contributed by atoms with Gasteiger partial charge in [0.2, 0.25) is 0 Å². The van der Waals surface area contributed by atoms with E-state index in [2.05, 4.69) is 190 Å². The van der Waals surface area contributed by atoms with Crippen LogP contribution in [0.1, 0.15) is 77.0 Å². The Morgan fingerprint density at radius 2 is 1.23 bits per heavy atom. The van der Waals surface area contributed by atoms with E-state index >= 15 is 0 Å². The second-order valence-corrected chi connectivity index (χ2v) is 18.0. The van der Waals surface area contributed by atoms with E-state index in [0.29, 0.717) is 35.0 Å². The number of rotatable bonds is 10. The first-order valence-corrected chi connectivity index (χ1v) is 22.0. The minimum atomic E-state index is -0.0496. The Morgan fingerprint density at radius 3 is 1.88 bits per heavy atom. The Balaban J connectivity index is 0.00000533. The van der Waals surface area contributed by atoms with Gasteiger partial charge in [0, 0.05) is 61.1 Å². The number of fused-ring (bicyclic) bond motifs is 3. The summed E-state index contributed by atoms with van der Waals surface area (Å²) >= 11 is 0. The van der Waals surface area contributed by atoms with Crippen LogP contribution < -0.4 is 14.5 Å². The number of benzene rings is 6. The topological polar surface area (TPSA) is 64.2 Å². The molecule has 65 heavy (non-hydrogen) atoms. The van der Waals surface area contributed by atoms with Crippen molar-refractivity contribution in [2.45, 2.75) is 65.7 Å². The second-order valence-electron chi connectivity index (χ2n) is 18.0. The summed E-state index contributed by atoms with van der Waals surface area (Å²) in [6.07, 6.45) is 6.10. The van der Waals surface area contributed by atoms with E-state index in [1.54, 1.807) is 0 Å². The van der Waals surface area contributed by atoms with Gasteiger partial charge >= 0.3 is 0 Å². The number of ether oxygens (including phenoxy) is 1. The SMILES string of the molecule is CC(C)c1cccc(C(C)C)c1N1C=CN(c2[c-]c(Oc3[c-]c4c(cc3)c3ccccc3n4-c3cc(C(C)(C)C)ccn3)cc(-n3c(-c4ccccc4)nnc3-c3ccccc3)c2)[CH-]1.[Pt]. The third-order valence-electron chi connectivity index (χ3n) is 11.9. The van der Waals surface area contributed by atoms with Crippen molar-refractivity contribution in [3.63, 3.8) is 0 Å². The minimum absolute atomic E-state index is 0. The zero-order chi connectivity index (χ0) is 44.1. The van der Waals surface area contributed by atoms with Gasteiger partial charge in [-0.25, -0.2) is 4.98 Å². The number of pyridine rings is 1. The van der Waals surface area contributed by atoms with E-state index in [1.807, 2.05) is 54.7 Å². The van der Waals surface area contributed by atoms with Crippen molar-refractivity contribution in [1.29, 1.82) is 0 Å². The van der Waals surface area contributed by atoms with Gasteiger partial charge in [-0.3, -0.25) is 4.57 Å². The molecule has 0 bridgehead atoms.